The standard InChI is InChI=1S/C12H15FN2O4/c1-19-11(17)8(6-15-12(14)18)4-7-2-3-10(16)9(13)5-7/h2-3,5,8,16H,4,6H2,1H3,(H3,14,15,18). The fourth-order valence-electron chi connectivity index (χ4n) is 1.59. The number of carbonyl (C=O) groups excluding carboxylic acids is 2. The van der Waals surface area contributed by atoms with Gasteiger partial charge in [0.25, 0.3) is 0 Å². The largest absolute Gasteiger partial charge is 0.505 e. The van der Waals surface area contributed by atoms with Gasteiger partial charge < -0.3 is 20.9 Å². The molecule has 1 rings (SSSR count). The number of primary amides is 1. The van der Waals surface area contributed by atoms with Crippen molar-refractivity contribution >= 4 is 12.0 Å². The molecule has 0 radical (unpaired) electrons. The first-order valence-electron chi connectivity index (χ1n) is 5.52. The van der Waals surface area contributed by atoms with E-state index in [1.807, 2.05) is 0 Å². The Kier molecular flexibility index (Phi) is 5.11. The number of carbonyl (C=O) groups is 2. The van der Waals surface area contributed by atoms with Crippen molar-refractivity contribution < 1.29 is 23.8 Å². The average Bonchev–Trinajstić information content (AvgIpc) is 2.37. The van der Waals surface area contributed by atoms with Crippen LogP contribution in [0.5, 0.6) is 5.75 Å². The summed E-state index contributed by atoms with van der Waals surface area (Å²) in [6.07, 6.45) is 0.157. The van der Waals surface area contributed by atoms with E-state index in [0.29, 0.717) is 5.56 Å². The average molecular weight is 270 g/mol. The van der Waals surface area contributed by atoms with Crippen LogP contribution in [0.3, 0.4) is 0 Å². The first-order chi connectivity index (χ1) is 8.93. The van der Waals surface area contributed by atoms with Gasteiger partial charge in [0.1, 0.15) is 0 Å². The van der Waals surface area contributed by atoms with Crippen LogP contribution < -0.4 is 11.1 Å². The minimum Gasteiger partial charge on any atom is -0.505 e. The number of rotatable bonds is 5. The van der Waals surface area contributed by atoms with Crippen molar-refractivity contribution in [1.82, 2.24) is 5.32 Å². The lowest BCUT2D eigenvalue weighted by molar-refractivity contribution is -0.145. The van der Waals surface area contributed by atoms with Crippen LogP contribution in [0, 0.1) is 11.7 Å². The molecule has 1 aromatic rings. The molecule has 1 unspecified atom stereocenters. The third-order valence-electron chi connectivity index (χ3n) is 2.55. The maximum atomic E-state index is 13.2. The number of phenols is 1. The molecule has 6 nitrogen and oxygen atoms in total. The minimum atomic E-state index is -0.774. The highest BCUT2D eigenvalue weighted by molar-refractivity contribution is 5.75. The number of esters is 1. The van der Waals surface area contributed by atoms with Crippen molar-refractivity contribution in [2.24, 2.45) is 11.7 Å². The zero-order valence-electron chi connectivity index (χ0n) is 10.4. The predicted molar refractivity (Wildman–Crippen MR) is 64.9 cm³/mol. The summed E-state index contributed by atoms with van der Waals surface area (Å²) >= 11 is 0. The Morgan fingerprint density at radius 1 is 1.53 bits per heavy atom. The Morgan fingerprint density at radius 2 is 2.21 bits per heavy atom. The highest BCUT2D eigenvalue weighted by Crippen LogP contribution is 2.18. The van der Waals surface area contributed by atoms with Crippen LogP contribution in [0.4, 0.5) is 9.18 Å². The molecule has 2 amide bonds. The van der Waals surface area contributed by atoms with Crippen LogP contribution in [0.2, 0.25) is 0 Å². The molecule has 0 aromatic heterocycles. The maximum absolute atomic E-state index is 13.2. The fourth-order valence-corrected chi connectivity index (χ4v) is 1.59. The van der Waals surface area contributed by atoms with Crippen molar-refractivity contribution in [2.45, 2.75) is 6.42 Å². The van der Waals surface area contributed by atoms with Gasteiger partial charge in [-0.15, -0.1) is 0 Å². The second-order valence-corrected chi connectivity index (χ2v) is 3.96. The molecule has 0 spiro atoms. The minimum absolute atomic E-state index is 0.00942. The summed E-state index contributed by atoms with van der Waals surface area (Å²) < 4.78 is 17.8. The van der Waals surface area contributed by atoms with Gasteiger partial charge in [-0.1, -0.05) is 6.07 Å². The quantitative estimate of drug-likeness (QED) is 0.679. The summed E-state index contributed by atoms with van der Waals surface area (Å²) in [6, 6.07) is 3.04. The van der Waals surface area contributed by atoms with Crippen molar-refractivity contribution in [3.05, 3.63) is 29.6 Å². The summed E-state index contributed by atoms with van der Waals surface area (Å²) in [5.41, 5.74) is 5.42. The summed E-state index contributed by atoms with van der Waals surface area (Å²) in [5, 5.41) is 11.4. The van der Waals surface area contributed by atoms with E-state index in [1.165, 1.54) is 19.2 Å². The smallest absolute Gasteiger partial charge is 0.312 e. The number of aromatic hydroxyl groups is 1. The molecule has 0 bridgehead atoms. The van der Waals surface area contributed by atoms with Gasteiger partial charge >= 0.3 is 12.0 Å². The molecule has 104 valence electrons. The van der Waals surface area contributed by atoms with Crippen molar-refractivity contribution in [3.63, 3.8) is 0 Å². The number of phenolic OH excluding ortho intramolecular Hbond substituents is 1. The molecule has 1 aromatic carbocycles. The molecule has 0 aliphatic carbocycles. The zero-order valence-corrected chi connectivity index (χ0v) is 10.4. The third kappa shape index (κ3) is 4.46. The lowest BCUT2D eigenvalue weighted by Gasteiger charge is -2.15. The van der Waals surface area contributed by atoms with Crippen molar-refractivity contribution in [1.29, 1.82) is 0 Å². The molecule has 7 heteroatoms. The van der Waals surface area contributed by atoms with Gasteiger partial charge in [0.15, 0.2) is 11.6 Å². The number of methoxy groups -OCH3 is 1. The van der Waals surface area contributed by atoms with Gasteiger partial charge in [-0.25, -0.2) is 9.18 Å². The van der Waals surface area contributed by atoms with E-state index < -0.39 is 29.5 Å². The first-order valence-corrected chi connectivity index (χ1v) is 5.52. The van der Waals surface area contributed by atoms with Crippen LogP contribution in [0.1, 0.15) is 5.56 Å². The Morgan fingerprint density at radius 3 is 2.74 bits per heavy atom. The number of nitrogens with one attached hydrogen (secondary N) is 1. The van der Waals surface area contributed by atoms with Crippen LogP contribution in [-0.4, -0.2) is 30.8 Å². The molecular formula is C12H15FN2O4. The number of benzene rings is 1. The molecule has 1 atom stereocenters. The molecule has 0 saturated carbocycles. The molecule has 4 N–H and O–H groups in total. The van der Waals surface area contributed by atoms with Gasteiger partial charge in [-0.2, -0.15) is 0 Å². The van der Waals surface area contributed by atoms with Gasteiger partial charge in [-0.3, -0.25) is 4.79 Å². The number of hydrogen-bond donors (Lipinski definition) is 3. The summed E-state index contributed by atoms with van der Waals surface area (Å²) in [6.45, 7) is -0.00942. The number of hydrogen-bond acceptors (Lipinski definition) is 4. The van der Waals surface area contributed by atoms with E-state index in [-0.39, 0.29) is 13.0 Å². The van der Waals surface area contributed by atoms with Crippen molar-refractivity contribution in [3.8, 4) is 5.75 Å². The van der Waals surface area contributed by atoms with Gasteiger partial charge in [0.05, 0.1) is 13.0 Å². The van der Waals surface area contributed by atoms with E-state index in [9.17, 15) is 14.0 Å². The Bertz CT molecular complexity index is 479. The Balaban J connectivity index is 2.78. The van der Waals surface area contributed by atoms with E-state index in [1.54, 1.807) is 0 Å². The van der Waals surface area contributed by atoms with Crippen LogP contribution in [0.15, 0.2) is 18.2 Å². The lowest BCUT2D eigenvalue weighted by Crippen LogP contribution is -2.37. The van der Waals surface area contributed by atoms with E-state index >= 15 is 0 Å². The maximum Gasteiger partial charge on any atom is 0.312 e. The van der Waals surface area contributed by atoms with E-state index in [4.69, 9.17) is 10.8 Å². The second-order valence-electron chi connectivity index (χ2n) is 3.96. The number of urea groups is 1. The lowest BCUT2D eigenvalue weighted by atomic mass is 9.99. The zero-order chi connectivity index (χ0) is 14.4. The monoisotopic (exact) mass is 270 g/mol. The number of ether oxygens (including phenoxy) is 1. The number of amides is 2. The first kappa shape index (κ1) is 14.7. The second kappa shape index (κ2) is 6.58. The highest BCUT2D eigenvalue weighted by Gasteiger charge is 2.20. The molecule has 19 heavy (non-hydrogen) atoms. The molecule has 0 aliphatic rings. The molecule has 0 saturated heterocycles. The fraction of sp³-hybridized carbons (Fsp3) is 0.333. The van der Waals surface area contributed by atoms with Crippen LogP contribution in [0.25, 0.3) is 0 Å². The predicted octanol–water partition coefficient (Wildman–Crippen LogP) is 0.531. The third-order valence-corrected chi connectivity index (χ3v) is 2.55. The summed E-state index contributed by atoms with van der Waals surface area (Å²) in [5.74, 6) is -2.46. The molecule has 0 fully saturated rings. The normalized spacial score (nSPS) is 11.7. The molecule has 0 aliphatic heterocycles. The van der Waals surface area contributed by atoms with Gasteiger partial charge in [0, 0.05) is 6.54 Å². The summed E-state index contributed by atoms with van der Waals surface area (Å²) in [7, 11) is 1.22. The number of nitrogens with two attached hydrogens (primary N) is 1. The highest BCUT2D eigenvalue weighted by atomic mass is 19.1. The van der Waals surface area contributed by atoms with Crippen LogP contribution >= 0.6 is 0 Å². The van der Waals surface area contributed by atoms with E-state index in [2.05, 4.69) is 10.1 Å². The van der Waals surface area contributed by atoms with Gasteiger partial charge in [0.2, 0.25) is 0 Å². The Hall–Kier alpha value is -2.31. The molecular weight excluding hydrogens is 255 g/mol. The molecule has 0 heterocycles. The van der Waals surface area contributed by atoms with Gasteiger partial charge in [-0.05, 0) is 24.1 Å². The van der Waals surface area contributed by atoms with E-state index in [0.717, 1.165) is 6.07 Å². The topological polar surface area (TPSA) is 102 Å². The van der Waals surface area contributed by atoms with Crippen LogP contribution in [-0.2, 0) is 16.0 Å². The van der Waals surface area contributed by atoms with Crippen molar-refractivity contribution in [2.75, 3.05) is 13.7 Å². The number of halogens is 1. The SMILES string of the molecule is COC(=O)C(CNC(N)=O)Cc1ccc(O)c(F)c1. The summed E-state index contributed by atoms with van der Waals surface area (Å²) in [4.78, 5) is 22.2. The Labute approximate surface area is 109 Å².